The quantitative estimate of drug-likeness (QED) is 0.517. The lowest BCUT2D eigenvalue weighted by atomic mass is 9.71. The van der Waals surface area contributed by atoms with Gasteiger partial charge in [0.2, 0.25) is 0 Å². The second-order valence-corrected chi connectivity index (χ2v) is 5.38. The van der Waals surface area contributed by atoms with Gasteiger partial charge in [-0.3, -0.25) is 0 Å². The van der Waals surface area contributed by atoms with Crippen LogP contribution in [0.25, 0.3) is 0 Å². The molecule has 4 aliphatic rings. The van der Waals surface area contributed by atoms with Crippen LogP contribution in [0, 0.1) is 17.8 Å². The maximum atomic E-state index is 2.53. The molecular formula is C15H16. The number of hydrogen-bond acceptors (Lipinski definition) is 0. The van der Waals surface area contributed by atoms with Crippen molar-refractivity contribution in [1.82, 2.24) is 0 Å². The van der Waals surface area contributed by atoms with E-state index in [1.165, 1.54) is 25.7 Å². The molecule has 3 atom stereocenters. The highest BCUT2D eigenvalue weighted by atomic mass is 14.5. The third-order valence-corrected chi connectivity index (χ3v) is 4.48. The van der Waals surface area contributed by atoms with Crippen molar-refractivity contribution in [3.05, 3.63) is 47.1 Å². The standard InChI is InChI=1S/C15H16/c1-2-4-11-8-14-12(7-10(11)3-1)5-6-13-9-15(13)14/h1-2,4,6,8,10,12,15H,3,5,7,9H2. The van der Waals surface area contributed by atoms with E-state index in [1.54, 1.807) is 16.7 Å². The van der Waals surface area contributed by atoms with E-state index in [0.29, 0.717) is 0 Å². The maximum absolute atomic E-state index is 2.53. The van der Waals surface area contributed by atoms with Gasteiger partial charge in [0.1, 0.15) is 0 Å². The Hall–Kier alpha value is -1.04. The van der Waals surface area contributed by atoms with Crippen LogP contribution in [0.5, 0.6) is 0 Å². The van der Waals surface area contributed by atoms with E-state index in [2.05, 4.69) is 30.4 Å². The van der Waals surface area contributed by atoms with Crippen LogP contribution in [0.1, 0.15) is 25.7 Å². The largest absolute Gasteiger partial charge is 0.0841 e. The van der Waals surface area contributed by atoms with Crippen molar-refractivity contribution in [2.75, 3.05) is 0 Å². The van der Waals surface area contributed by atoms with Crippen molar-refractivity contribution >= 4 is 0 Å². The Bertz CT molecular complexity index is 431. The molecule has 0 N–H and O–H groups in total. The van der Waals surface area contributed by atoms with Crippen molar-refractivity contribution in [1.29, 1.82) is 0 Å². The van der Waals surface area contributed by atoms with Crippen LogP contribution >= 0.6 is 0 Å². The van der Waals surface area contributed by atoms with E-state index < -0.39 is 0 Å². The van der Waals surface area contributed by atoms with Crippen molar-refractivity contribution < 1.29 is 0 Å². The molecule has 4 aliphatic carbocycles. The molecule has 1 saturated carbocycles. The SMILES string of the molecule is C1=CCC2CC3CC=C4CC4C3=CC2=C1. The van der Waals surface area contributed by atoms with E-state index in [1.807, 2.05) is 0 Å². The third-order valence-electron chi connectivity index (χ3n) is 4.48. The van der Waals surface area contributed by atoms with Gasteiger partial charge < -0.3 is 0 Å². The van der Waals surface area contributed by atoms with Gasteiger partial charge in [0, 0.05) is 5.92 Å². The van der Waals surface area contributed by atoms with Gasteiger partial charge in [0.25, 0.3) is 0 Å². The summed E-state index contributed by atoms with van der Waals surface area (Å²) >= 11 is 0. The zero-order chi connectivity index (χ0) is 9.83. The van der Waals surface area contributed by atoms with Crippen molar-refractivity contribution in [2.45, 2.75) is 25.7 Å². The second kappa shape index (κ2) is 2.75. The molecule has 0 amide bonds. The summed E-state index contributed by atoms with van der Waals surface area (Å²) in [5.74, 6) is 2.59. The molecule has 0 radical (unpaired) electrons. The summed E-state index contributed by atoms with van der Waals surface area (Å²) in [6.45, 7) is 0. The lowest BCUT2D eigenvalue weighted by Gasteiger charge is -2.33. The second-order valence-electron chi connectivity index (χ2n) is 5.38. The van der Waals surface area contributed by atoms with Gasteiger partial charge in [0.05, 0.1) is 0 Å². The van der Waals surface area contributed by atoms with Crippen LogP contribution in [0.15, 0.2) is 47.1 Å². The van der Waals surface area contributed by atoms with Gasteiger partial charge in [-0.25, -0.2) is 0 Å². The minimum absolute atomic E-state index is 0.831. The Morgan fingerprint density at radius 2 is 2.13 bits per heavy atom. The molecule has 0 nitrogen and oxygen atoms in total. The molecular weight excluding hydrogens is 180 g/mol. The zero-order valence-electron chi connectivity index (χ0n) is 8.95. The van der Waals surface area contributed by atoms with Crippen LogP contribution in [0.2, 0.25) is 0 Å². The maximum Gasteiger partial charge on any atom is 0.00508 e. The molecule has 4 rings (SSSR count). The third kappa shape index (κ3) is 1.14. The molecule has 0 aromatic heterocycles. The van der Waals surface area contributed by atoms with Crippen LogP contribution < -0.4 is 0 Å². The first-order chi connectivity index (χ1) is 7.42. The summed E-state index contributed by atoms with van der Waals surface area (Å²) in [5.41, 5.74) is 5.10. The lowest BCUT2D eigenvalue weighted by Crippen LogP contribution is -2.21. The summed E-state index contributed by atoms with van der Waals surface area (Å²) in [7, 11) is 0. The van der Waals surface area contributed by atoms with E-state index in [9.17, 15) is 0 Å². The fourth-order valence-corrected chi connectivity index (χ4v) is 3.53. The molecule has 0 heterocycles. The fourth-order valence-electron chi connectivity index (χ4n) is 3.53. The summed E-state index contributed by atoms with van der Waals surface area (Å²) < 4.78 is 0. The molecule has 0 spiro atoms. The van der Waals surface area contributed by atoms with Crippen LogP contribution in [0.3, 0.4) is 0 Å². The van der Waals surface area contributed by atoms with Gasteiger partial charge in [0.15, 0.2) is 0 Å². The van der Waals surface area contributed by atoms with Crippen LogP contribution in [-0.4, -0.2) is 0 Å². The molecule has 0 aliphatic heterocycles. The Morgan fingerprint density at radius 3 is 3.13 bits per heavy atom. The van der Waals surface area contributed by atoms with Gasteiger partial charge in [-0.2, -0.15) is 0 Å². The lowest BCUT2D eigenvalue weighted by molar-refractivity contribution is 0.421. The first-order valence-corrected chi connectivity index (χ1v) is 6.19. The minimum Gasteiger partial charge on any atom is -0.0841 e. The Labute approximate surface area is 91.1 Å². The molecule has 0 heteroatoms. The highest BCUT2D eigenvalue weighted by Gasteiger charge is 2.42. The minimum atomic E-state index is 0.831. The first kappa shape index (κ1) is 8.15. The highest BCUT2D eigenvalue weighted by Crippen LogP contribution is 2.55. The normalized spacial score (nSPS) is 40.5. The summed E-state index contributed by atoms with van der Waals surface area (Å²) in [4.78, 5) is 0. The Morgan fingerprint density at radius 1 is 1.13 bits per heavy atom. The zero-order valence-corrected chi connectivity index (χ0v) is 8.95. The van der Waals surface area contributed by atoms with Crippen LogP contribution in [-0.2, 0) is 0 Å². The number of hydrogen-bond donors (Lipinski definition) is 0. The van der Waals surface area contributed by atoms with Gasteiger partial charge in [-0.1, -0.05) is 41.5 Å². The highest BCUT2D eigenvalue weighted by molar-refractivity contribution is 5.47. The fraction of sp³-hybridized carbons (Fsp3) is 0.467. The molecule has 15 heavy (non-hydrogen) atoms. The monoisotopic (exact) mass is 196 g/mol. The van der Waals surface area contributed by atoms with E-state index in [4.69, 9.17) is 0 Å². The van der Waals surface area contributed by atoms with Crippen molar-refractivity contribution in [3.8, 4) is 0 Å². The molecule has 0 saturated heterocycles. The number of allylic oxidation sites excluding steroid dienone is 8. The number of fused-ring (bicyclic) bond motifs is 4. The molecule has 1 fully saturated rings. The molecule has 0 aromatic rings. The molecule has 0 aromatic carbocycles. The predicted molar refractivity (Wildman–Crippen MR) is 62.3 cm³/mol. The number of rotatable bonds is 0. The molecule has 3 unspecified atom stereocenters. The van der Waals surface area contributed by atoms with E-state index in [0.717, 1.165) is 17.8 Å². The smallest absolute Gasteiger partial charge is 0.00508 e. The summed E-state index contributed by atoms with van der Waals surface area (Å²) in [5, 5.41) is 0. The first-order valence-electron chi connectivity index (χ1n) is 6.19. The van der Waals surface area contributed by atoms with Gasteiger partial charge >= 0.3 is 0 Å². The average Bonchev–Trinajstić information content (AvgIpc) is 3.06. The van der Waals surface area contributed by atoms with Crippen molar-refractivity contribution in [2.24, 2.45) is 17.8 Å². The average molecular weight is 196 g/mol. The Balaban J connectivity index is 1.77. The topological polar surface area (TPSA) is 0 Å². The van der Waals surface area contributed by atoms with E-state index >= 15 is 0 Å². The summed E-state index contributed by atoms with van der Waals surface area (Å²) in [6, 6.07) is 0. The molecule has 0 bridgehead atoms. The van der Waals surface area contributed by atoms with Crippen LogP contribution in [0.4, 0.5) is 0 Å². The Kier molecular flexibility index (Phi) is 1.49. The van der Waals surface area contributed by atoms with E-state index in [-0.39, 0.29) is 0 Å². The van der Waals surface area contributed by atoms with Gasteiger partial charge in [-0.05, 0) is 43.1 Å². The summed E-state index contributed by atoms with van der Waals surface area (Å²) in [6.07, 6.45) is 17.3. The predicted octanol–water partition coefficient (Wildman–Crippen LogP) is 3.79. The van der Waals surface area contributed by atoms with Crippen molar-refractivity contribution in [3.63, 3.8) is 0 Å². The molecule has 76 valence electrons. The van der Waals surface area contributed by atoms with Gasteiger partial charge in [-0.15, -0.1) is 0 Å².